The van der Waals surface area contributed by atoms with Crippen LogP contribution < -0.4 is 14.8 Å². The summed E-state index contributed by atoms with van der Waals surface area (Å²) < 4.78 is 16.4. The number of hydrazone groups is 1. The van der Waals surface area contributed by atoms with Crippen molar-refractivity contribution in [2.45, 2.75) is 26.0 Å². The molecule has 1 unspecified atom stereocenters. The van der Waals surface area contributed by atoms with Crippen LogP contribution in [-0.2, 0) is 11.3 Å². The number of ether oxygens (including phenoxy) is 3. The molecule has 180 valence electrons. The summed E-state index contributed by atoms with van der Waals surface area (Å²) in [5.74, 6) is 0.940. The first-order valence-corrected chi connectivity index (χ1v) is 11.1. The van der Waals surface area contributed by atoms with Gasteiger partial charge < -0.3 is 19.5 Å². The monoisotopic (exact) mass is 474 g/mol. The Bertz CT molecular complexity index is 1230. The predicted octanol–water partition coefficient (Wildman–Crippen LogP) is 4.49. The Morgan fingerprint density at radius 1 is 1.03 bits per heavy atom. The number of amides is 2. The molecular formula is C26H26N4O5. The van der Waals surface area contributed by atoms with Gasteiger partial charge in [0, 0.05) is 29.2 Å². The first-order chi connectivity index (χ1) is 17.0. The lowest BCUT2D eigenvalue weighted by molar-refractivity contribution is 0.0712. The Morgan fingerprint density at radius 3 is 2.40 bits per heavy atom. The minimum atomic E-state index is -0.517. The molecule has 35 heavy (non-hydrogen) atoms. The Labute approximate surface area is 203 Å². The lowest BCUT2D eigenvalue weighted by Gasteiger charge is -2.29. The van der Waals surface area contributed by atoms with Gasteiger partial charge in [-0.25, -0.2) is 4.79 Å². The number of nitrogens with one attached hydrogen (secondary N) is 1. The van der Waals surface area contributed by atoms with Crippen molar-refractivity contribution in [2.24, 2.45) is 5.10 Å². The fraction of sp³-hybridized carbons (Fsp3) is 0.231. The quantitative estimate of drug-likeness (QED) is 0.516. The van der Waals surface area contributed by atoms with Gasteiger partial charge in [-0.3, -0.25) is 9.78 Å². The number of hydrogen-bond acceptors (Lipinski definition) is 7. The summed E-state index contributed by atoms with van der Waals surface area (Å²) in [6, 6.07) is 16.0. The molecule has 0 fully saturated rings. The van der Waals surface area contributed by atoms with Crippen LogP contribution in [0.2, 0.25) is 0 Å². The van der Waals surface area contributed by atoms with Gasteiger partial charge in [0.1, 0.15) is 11.8 Å². The van der Waals surface area contributed by atoms with Crippen molar-refractivity contribution in [3.63, 3.8) is 0 Å². The second kappa shape index (κ2) is 10.7. The topological polar surface area (TPSA) is 102 Å². The third-order valence-electron chi connectivity index (χ3n) is 5.52. The van der Waals surface area contributed by atoms with E-state index >= 15 is 0 Å². The van der Waals surface area contributed by atoms with E-state index in [0.29, 0.717) is 34.9 Å². The van der Waals surface area contributed by atoms with Gasteiger partial charge in [0.25, 0.3) is 5.91 Å². The highest BCUT2D eigenvalue weighted by Crippen LogP contribution is 2.30. The fourth-order valence-corrected chi connectivity index (χ4v) is 3.66. The van der Waals surface area contributed by atoms with Crippen molar-refractivity contribution in [3.05, 3.63) is 83.7 Å². The number of methoxy groups -OCH3 is 2. The summed E-state index contributed by atoms with van der Waals surface area (Å²) in [6.45, 7) is 2.15. The minimum Gasteiger partial charge on any atom is -0.493 e. The molecule has 1 aliphatic heterocycles. The Balaban J connectivity index is 1.52. The molecule has 0 radical (unpaired) electrons. The average Bonchev–Trinajstić information content (AvgIpc) is 2.90. The summed E-state index contributed by atoms with van der Waals surface area (Å²) in [6.07, 6.45) is 2.72. The van der Waals surface area contributed by atoms with Crippen LogP contribution in [0.15, 0.2) is 72.1 Å². The van der Waals surface area contributed by atoms with Crippen molar-refractivity contribution in [1.29, 1.82) is 0 Å². The SMILES string of the molecule is CCC1OC(=O)N(Cc2ccc(NC(=O)c3ccncc3)cc2)N=C1c1ccc(OC)c(OC)c1. The zero-order valence-corrected chi connectivity index (χ0v) is 19.7. The number of pyridine rings is 1. The van der Waals surface area contributed by atoms with Crippen LogP contribution in [-0.4, -0.2) is 48.0 Å². The molecular weight excluding hydrogens is 448 g/mol. The number of hydrogen-bond donors (Lipinski definition) is 1. The second-order valence-electron chi connectivity index (χ2n) is 7.78. The first kappa shape index (κ1) is 23.7. The van der Waals surface area contributed by atoms with E-state index in [4.69, 9.17) is 14.2 Å². The van der Waals surface area contributed by atoms with E-state index in [-0.39, 0.29) is 12.5 Å². The van der Waals surface area contributed by atoms with Gasteiger partial charge in [-0.05, 0) is 54.4 Å². The van der Waals surface area contributed by atoms with Crippen LogP contribution in [0, 0.1) is 0 Å². The zero-order chi connectivity index (χ0) is 24.8. The van der Waals surface area contributed by atoms with Gasteiger partial charge in [0.05, 0.1) is 20.8 Å². The van der Waals surface area contributed by atoms with Crippen molar-refractivity contribution in [1.82, 2.24) is 9.99 Å². The number of rotatable bonds is 8. The fourth-order valence-electron chi connectivity index (χ4n) is 3.66. The van der Waals surface area contributed by atoms with Crippen molar-refractivity contribution in [3.8, 4) is 11.5 Å². The maximum Gasteiger partial charge on any atom is 0.431 e. The van der Waals surface area contributed by atoms with Crippen LogP contribution in [0.5, 0.6) is 11.5 Å². The number of carbonyl (C=O) groups is 2. The Kier molecular flexibility index (Phi) is 7.25. The molecule has 4 rings (SSSR count). The van der Waals surface area contributed by atoms with Crippen LogP contribution in [0.1, 0.15) is 34.8 Å². The average molecular weight is 475 g/mol. The van der Waals surface area contributed by atoms with E-state index in [0.717, 1.165) is 11.1 Å². The lowest BCUT2D eigenvalue weighted by atomic mass is 10.0. The predicted molar refractivity (Wildman–Crippen MR) is 131 cm³/mol. The summed E-state index contributed by atoms with van der Waals surface area (Å²) in [4.78, 5) is 28.9. The molecule has 2 amide bonds. The number of cyclic esters (lactones) is 1. The van der Waals surface area contributed by atoms with E-state index in [1.165, 1.54) is 5.01 Å². The molecule has 0 saturated heterocycles. The van der Waals surface area contributed by atoms with Gasteiger partial charge in [0.2, 0.25) is 0 Å². The molecule has 9 heteroatoms. The first-order valence-electron chi connectivity index (χ1n) is 11.1. The van der Waals surface area contributed by atoms with Gasteiger partial charge in [-0.15, -0.1) is 0 Å². The van der Waals surface area contributed by atoms with E-state index in [9.17, 15) is 9.59 Å². The number of anilines is 1. The highest BCUT2D eigenvalue weighted by Gasteiger charge is 2.31. The molecule has 0 spiro atoms. The van der Waals surface area contributed by atoms with E-state index in [1.807, 2.05) is 31.2 Å². The molecule has 1 aromatic heterocycles. The standard InChI is InChI=1S/C26H26N4O5/c1-4-21-24(19-7-10-22(33-2)23(15-19)34-3)29-30(26(32)35-21)16-17-5-8-20(9-6-17)28-25(31)18-11-13-27-14-12-18/h5-15,21H,4,16H2,1-3H3,(H,28,31). The molecule has 0 bridgehead atoms. The number of benzene rings is 2. The molecule has 1 aliphatic rings. The summed E-state index contributed by atoms with van der Waals surface area (Å²) >= 11 is 0. The van der Waals surface area contributed by atoms with Gasteiger partial charge >= 0.3 is 6.09 Å². The lowest BCUT2D eigenvalue weighted by Crippen LogP contribution is -2.41. The van der Waals surface area contributed by atoms with E-state index in [2.05, 4.69) is 15.4 Å². The number of carbonyl (C=O) groups excluding carboxylic acids is 2. The maximum absolute atomic E-state index is 12.6. The van der Waals surface area contributed by atoms with E-state index in [1.54, 1.807) is 56.9 Å². The third-order valence-corrected chi connectivity index (χ3v) is 5.52. The van der Waals surface area contributed by atoms with Gasteiger partial charge in [0.15, 0.2) is 11.5 Å². The molecule has 2 heterocycles. The van der Waals surface area contributed by atoms with Crippen LogP contribution in [0.25, 0.3) is 0 Å². The van der Waals surface area contributed by atoms with Crippen molar-refractivity contribution < 1.29 is 23.8 Å². The Morgan fingerprint density at radius 2 is 1.74 bits per heavy atom. The van der Waals surface area contributed by atoms with Crippen LogP contribution >= 0.6 is 0 Å². The number of aromatic nitrogens is 1. The summed E-state index contributed by atoms with van der Waals surface area (Å²) in [7, 11) is 3.14. The van der Waals surface area contributed by atoms with Crippen LogP contribution in [0.3, 0.4) is 0 Å². The van der Waals surface area contributed by atoms with Crippen LogP contribution in [0.4, 0.5) is 10.5 Å². The minimum absolute atomic E-state index is 0.213. The van der Waals surface area contributed by atoms with Crippen molar-refractivity contribution >= 4 is 23.4 Å². The normalized spacial score (nSPS) is 15.2. The highest BCUT2D eigenvalue weighted by molar-refractivity contribution is 6.06. The molecule has 0 aliphatic carbocycles. The van der Waals surface area contributed by atoms with Crippen molar-refractivity contribution in [2.75, 3.05) is 19.5 Å². The number of nitrogens with zero attached hydrogens (tertiary/aromatic N) is 3. The Hall–Kier alpha value is -4.40. The molecule has 3 aromatic rings. The third kappa shape index (κ3) is 5.40. The second-order valence-corrected chi connectivity index (χ2v) is 7.78. The summed E-state index contributed by atoms with van der Waals surface area (Å²) in [5.41, 5.74) is 3.39. The molecule has 2 aromatic carbocycles. The van der Waals surface area contributed by atoms with Gasteiger partial charge in [-0.1, -0.05) is 19.1 Å². The van der Waals surface area contributed by atoms with Gasteiger partial charge in [-0.2, -0.15) is 10.1 Å². The largest absolute Gasteiger partial charge is 0.493 e. The highest BCUT2D eigenvalue weighted by atomic mass is 16.6. The molecule has 9 nitrogen and oxygen atoms in total. The molecule has 0 saturated carbocycles. The van der Waals surface area contributed by atoms with E-state index < -0.39 is 12.2 Å². The maximum atomic E-state index is 12.6. The smallest absolute Gasteiger partial charge is 0.431 e. The summed E-state index contributed by atoms with van der Waals surface area (Å²) in [5, 5.41) is 8.76. The molecule has 1 atom stereocenters. The molecule has 1 N–H and O–H groups in total. The zero-order valence-electron chi connectivity index (χ0n) is 19.7.